The molecular weight excluding hydrogens is 179 g/mol. The van der Waals surface area contributed by atoms with Gasteiger partial charge in [-0.2, -0.15) is 17.5 Å². The summed E-state index contributed by atoms with van der Waals surface area (Å²) in [4.78, 5) is 3.16. The van der Waals surface area contributed by atoms with Crippen LogP contribution in [0.15, 0.2) is 0 Å². The zero-order valence-electron chi connectivity index (χ0n) is 5.22. The Kier molecular flexibility index (Phi) is 2.10. The third-order valence-electron chi connectivity index (χ3n) is 0.893. The van der Waals surface area contributed by atoms with Gasteiger partial charge in [0.05, 0.1) is 6.54 Å². The highest BCUT2D eigenvalue weighted by molar-refractivity contribution is 7.05. The molecule has 1 aromatic rings. The smallest absolute Gasteiger partial charge is 0.324 e. The Balaban J connectivity index is 2.89. The standard InChI is InChI=1S/C4H4F3N3S/c5-4(6,7)3-9-2(1-8)10-11-3/h1,8H2. The molecule has 0 aliphatic carbocycles. The van der Waals surface area contributed by atoms with Crippen LogP contribution in [0.5, 0.6) is 0 Å². The number of hydrogen-bond acceptors (Lipinski definition) is 4. The van der Waals surface area contributed by atoms with Crippen LogP contribution in [0.4, 0.5) is 13.2 Å². The Morgan fingerprint density at radius 1 is 1.45 bits per heavy atom. The highest BCUT2D eigenvalue weighted by atomic mass is 32.1. The fraction of sp³-hybridized carbons (Fsp3) is 0.500. The van der Waals surface area contributed by atoms with E-state index in [1.54, 1.807) is 0 Å². The third kappa shape index (κ3) is 1.87. The van der Waals surface area contributed by atoms with Crippen molar-refractivity contribution in [3.63, 3.8) is 0 Å². The molecule has 1 aromatic heterocycles. The van der Waals surface area contributed by atoms with E-state index in [0.717, 1.165) is 0 Å². The normalized spacial score (nSPS) is 12.0. The highest BCUT2D eigenvalue weighted by Crippen LogP contribution is 2.29. The van der Waals surface area contributed by atoms with Crippen molar-refractivity contribution in [1.29, 1.82) is 0 Å². The van der Waals surface area contributed by atoms with Gasteiger partial charge in [0.25, 0.3) is 0 Å². The molecule has 2 N–H and O–H groups in total. The molecule has 0 saturated carbocycles. The van der Waals surface area contributed by atoms with Crippen LogP contribution in [0.1, 0.15) is 10.8 Å². The van der Waals surface area contributed by atoms with Crippen LogP contribution in [0.2, 0.25) is 0 Å². The van der Waals surface area contributed by atoms with Gasteiger partial charge in [0.2, 0.25) is 5.01 Å². The lowest BCUT2D eigenvalue weighted by Gasteiger charge is -1.97. The fourth-order valence-electron chi connectivity index (χ4n) is 0.452. The summed E-state index contributed by atoms with van der Waals surface area (Å²) in [6, 6.07) is 0. The van der Waals surface area contributed by atoms with E-state index in [1.165, 1.54) is 0 Å². The van der Waals surface area contributed by atoms with E-state index in [4.69, 9.17) is 5.73 Å². The molecule has 0 aliphatic rings. The predicted octanol–water partition coefficient (Wildman–Crippen LogP) is 1.02. The minimum absolute atomic E-state index is 0.0299. The van der Waals surface area contributed by atoms with Crippen molar-refractivity contribution in [2.75, 3.05) is 0 Å². The summed E-state index contributed by atoms with van der Waals surface area (Å²) in [5.74, 6) is 0.0299. The lowest BCUT2D eigenvalue weighted by Crippen LogP contribution is -2.05. The van der Waals surface area contributed by atoms with Crippen LogP contribution in [-0.2, 0) is 12.7 Å². The molecule has 0 atom stereocenters. The van der Waals surface area contributed by atoms with Gasteiger partial charge >= 0.3 is 6.18 Å². The number of hydrogen-bond donors (Lipinski definition) is 1. The summed E-state index contributed by atoms with van der Waals surface area (Å²) < 4.78 is 38.8. The molecule has 11 heavy (non-hydrogen) atoms. The summed E-state index contributed by atoms with van der Waals surface area (Å²) in [6.45, 7) is -0.0629. The average molecular weight is 183 g/mol. The zero-order valence-corrected chi connectivity index (χ0v) is 6.04. The van der Waals surface area contributed by atoms with Crippen molar-refractivity contribution in [3.05, 3.63) is 10.8 Å². The molecule has 3 nitrogen and oxygen atoms in total. The highest BCUT2D eigenvalue weighted by Gasteiger charge is 2.35. The van der Waals surface area contributed by atoms with E-state index in [-0.39, 0.29) is 12.4 Å². The van der Waals surface area contributed by atoms with Gasteiger partial charge in [-0.1, -0.05) is 0 Å². The molecule has 1 heterocycles. The monoisotopic (exact) mass is 183 g/mol. The first-order valence-corrected chi connectivity index (χ1v) is 3.41. The molecule has 62 valence electrons. The first kappa shape index (κ1) is 8.41. The van der Waals surface area contributed by atoms with Gasteiger partial charge in [0.1, 0.15) is 0 Å². The van der Waals surface area contributed by atoms with E-state index in [2.05, 4.69) is 9.36 Å². The van der Waals surface area contributed by atoms with Crippen LogP contribution in [-0.4, -0.2) is 9.36 Å². The van der Waals surface area contributed by atoms with Crippen LogP contribution >= 0.6 is 11.5 Å². The molecule has 0 unspecified atom stereocenters. The maximum absolute atomic E-state index is 11.8. The minimum atomic E-state index is -4.40. The maximum atomic E-state index is 11.8. The molecule has 0 saturated heterocycles. The Morgan fingerprint density at radius 3 is 2.36 bits per heavy atom. The van der Waals surface area contributed by atoms with Gasteiger partial charge in [0.15, 0.2) is 5.82 Å². The van der Waals surface area contributed by atoms with E-state index in [1.807, 2.05) is 0 Å². The first-order valence-electron chi connectivity index (χ1n) is 2.64. The zero-order chi connectivity index (χ0) is 8.48. The third-order valence-corrected chi connectivity index (χ3v) is 1.69. The second kappa shape index (κ2) is 2.74. The molecule has 0 amide bonds. The van der Waals surface area contributed by atoms with Gasteiger partial charge in [0, 0.05) is 0 Å². The van der Waals surface area contributed by atoms with Crippen LogP contribution in [0, 0.1) is 0 Å². The second-order valence-electron chi connectivity index (χ2n) is 1.72. The van der Waals surface area contributed by atoms with Crippen LogP contribution in [0.3, 0.4) is 0 Å². The molecular formula is C4H4F3N3S. The van der Waals surface area contributed by atoms with E-state index in [0.29, 0.717) is 11.5 Å². The molecule has 0 aromatic carbocycles. The maximum Gasteiger partial charge on any atom is 0.444 e. The summed E-state index contributed by atoms with van der Waals surface area (Å²) in [6.07, 6.45) is -4.40. The Morgan fingerprint density at radius 2 is 2.09 bits per heavy atom. The molecule has 0 aliphatic heterocycles. The Hall–Kier alpha value is -0.690. The second-order valence-corrected chi connectivity index (χ2v) is 2.47. The van der Waals surface area contributed by atoms with Gasteiger partial charge in [-0.15, -0.1) is 0 Å². The van der Waals surface area contributed by atoms with Crippen molar-refractivity contribution in [2.45, 2.75) is 12.7 Å². The van der Waals surface area contributed by atoms with Crippen LogP contribution in [0.25, 0.3) is 0 Å². The van der Waals surface area contributed by atoms with E-state index in [9.17, 15) is 13.2 Å². The van der Waals surface area contributed by atoms with Gasteiger partial charge in [-0.3, -0.25) is 0 Å². The largest absolute Gasteiger partial charge is 0.444 e. The SMILES string of the molecule is NCc1nsc(C(F)(F)F)n1. The van der Waals surface area contributed by atoms with E-state index >= 15 is 0 Å². The lowest BCUT2D eigenvalue weighted by molar-refractivity contribution is -0.137. The summed E-state index contributed by atoms with van der Waals surface area (Å²) in [7, 11) is 0. The first-order chi connectivity index (χ1) is 5.04. The fourth-order valence-corrected chi connectivity index (χ4v) is 1.01. The summed E-state index contributed by atoms with van der Waals surface area (Å²) in [5, 5.41) is -0.946. The lowest BCUT2D eigenvalue weighted by atomic mass is 10.6. The van der Waals surface area contributed by atoms with Crippen LogP contribution < -0.4 is 5.73 Å². The number of halogens is 3. The van der Waals surface area contributed by atoms with Crippen molar-refractivity contribution in [2.24, 2.45) is 5.73 Å². The van der Waals surface area contributed by atoms with Crippen molar-refractivity contribution in [3.8, 4) is 0 Å². The van der Waals surface area contributed by atoms with Crippen molar-refractivity contribution in [1.82, 2.24) is 9.36 Å². The molecule has 0 spiro atoms. The number of aromatic nitrogens is 2. The molecule has 0 bridgehead atoms. The predicted molar refractivity (Wildman–Crippen MR) is 32.8 cm³/mol. The Labute approximate surface area is 64.2 Å². The minimum Gasteiger partial charge on any atom is -0.324 e. The number of alkyl halides is 3. The van der Waals surface area contributed by atoms with Gasteiger partial charge < -0.3 is 5.73 Å². The number of rotatable bonds is 1. The number of nitrogens with zero attached hydrogens (tertiary/aromatic N) is 2. The topological polar surface area (TPSA) is 51.8 Å². The van der Waals surface area contributed by atoms with Gasteiger partial charge in [-0.25, -0.2) is 4.98 Å². The molecule has 1 rings (SSSR count). The quantitative estimate of drug-likeness (QED) is 0.707. The van der Waals surface area contributed by atoms with Crippen molar-refractivity contribution >= 4 is 11.5 Å². The molecule has 0 fully saturated rings. The summed E-state index contributed by atoms with van der Waals surface area (Å²) in [5.41, 5.74) is 5.02. The summed E-state index contributed by atoms with van der Waals surface area (Å²) >= 11 is 0.315. The van der Waals surface area contributed by atoms with E-state index < -0.39 is 11.2 Å². The Bertz CT molecular complexity index is 243. The molecule has 0 radical (unpaired) electrons. The number of nitrogens with two attached hydrogens (primary N) is 1. The average Bonchev–Trinajstić information content (AvgIpc) is 2.32. The van der Waals surface area contributed by atoms with Crippen molar-refractivity contribution < 1.29 is 13.2 Å². The van der Waals surface area contributed by atoms with Gasteiger partial charge in [-0.05, 0) is 11.5 Å². The molecule has 7 heteroatoms.